The van der Waals surface area contributed by atoms with Crippen LogP contribution in [0.4, 0.5) is 0 Å². The van der Waals surface area contributed by atoms with Crippen LogP contribution in [0.5, 0.6) is 0 Å². The summed E-state index contributed by atoms with van der Waals surface area (Å²) in [6, 6.07) is 8.23. The molecule has 7 heteroatoms. The molecule has 1 saturated heterocycles. The largest absolute Gasteiger partial charge is 0.373 e. The van der Waals surface area contributed by atoms with E-state index in [1.165, 1.54) is 5.56 Å². The fourth-order valence-corrected chi connectivity index (χ4v) is 2.94. The van der Waals surface area contributed by atoms with Crippen LogP contribution in [0, 0.1) is 0 Å². The number of halogens is 2. The van der Waals surface area contributed by atoms with Gasteiger partial charge < -0.3 is 15.8 Å². The number of hydrogen-bond donors (Lipinski definition) is 2. The van der Waals surface area contributed by atoms with Crippen LogP contribution >= 0.6 is 24.8 Å². The monoisotopic (exact) mass is 391 g/mol. The highest BCUT2D eigenvalue weighted by Crippen LogP contribution is 2.17. The summed E-state index contributed by atoms with van der Waals surface area (Å²) < 4.78 is 5.79. The van der Waals surface area contributed by atoms with Gasteiger partial charge in [-0.05, 0) is 38.8 Å². The number of carbonyl (C=O) groups excluding carboxylic acids is 1. The summed E-state index contributed by atoms with van der Waals surface area (Å²) in [4.78, 5) is 14.4. The van der Waals surface area contributed by atoms with Crippen molar-refractivity contribution in [3.05, 3.63) is 35.4 Å². The van der Waals surface area contributed by atoms with E-state index in [1.54, 1.807) is 13.8 Å². The van der Waals surface area contributed by atoms with E-state index in [0.717, 1.165) is 25.2 Å². The number of carbonyl (C=O) groups is 1. The number of nitrogens with zero attached hydrogens (tertiary/aromatic N) is 1. The number of rotatable bonds is 5. The molecule has 0 bridgehead atoms. The maximum atomic E-state index is 12.0. The van der Waals surface area contributed by atoms with Crippen molar-refractivity contribution < 1.29 is 9.53 Å². The summed E-state index contributed by atoms with van der Waals surface area (Å²) in [6.07, 6.45) is 0.507. The normalized spacial score (nSPS) is 21.0. The molecule has 1 fully saturated rings. The van der Waals surface area contributed by atoms with Crippen molar-refractivity contribution in [1.82, 2.24) is 10.2 Å². The average molecular weight is 392 g/mol. The van der Waals surface area contributed by atoms with E-state index in [4.69, 9.17) is 10.5 Å². The lowest BCUT2D eigenvalue weighted by Crippen LogP contribution is -2.49. The number of morpholine rings is 1. The minimum Gasteiger partial charge on any atom is -0.373 e. The summed E-state index contributed by atoms with van der Waals surface area (Å²) in [6.45, 7) is 10.9. The second-order valence-corrected chi connectivity index (χ2v) is 7.12. The third kappa shape index (κ3) is 7.50. The van der Waals surface area contributed by atoms with Crippen LogP contribution in [0.2, 0.25) is 0 Å². The first-order chi connectivity index (χ1) is 10.8. The SMILES string of the molecule is CC1CN(Cc2ccccc2CNC(=O)C(C)(C)N)CC(C)O1.Cl.Cl. The molecule has 1 aliphatic rings. The van der Waals surface area contributed by atoms with E-state index in [1.807, 2.05) is 12.1 Å². The zero-order valence-electron chi connectivity index (χ0n) is 15.5. The molecule has 0 aliphatic carbocycles. The maximum Gasteiger partial charge on any atom is 0.239 e. The number of nitrogens with two attached hydrogens (primary N) is 1. The lowest BCUT2D eigenvalue weighted by molar-refractivity contribution is -0.125. The Morgan fingerprint density at radius 2 is 1.72 bits per heavy atom. The third-order valence-electron chi connectivity index (χ3n) is 4.03. The van der Waals surface area contributed by atoms with Crippen molar-refractivity contribution in [1.29, 1.82) is 0 Å². The summed E-state index contributed by atoms with van der Waals surface area (Å²) in [5.41, 5.74) is 7.35. The molecule has 5 nitrogen and oxygen atoms in total. The lowest BCUT2D eigenvalue weighted by atomic mass is 10.0. The summed E-state index contributed by atoms with van der Waals surface area (Å²) in [5, 5.41) is 2.93. The Kier molecular flexibility index (Phi) is 9.98. The van der Waals surface area contributed by atoms with E-state index < -0.39 is 5.54 Å². The van der Waals surface area contributed by atoms with Gasteiger partial charge in [0.25, 0.3) is 0 Å². The van der Waals surface area contributed by atoms with Crippen LogP contribution in [0.3, 0.4) is 0 Å². The minimum absolute atomic E-state index is 0. The van der Waals surface area contributed by atoms with E-state index in [0.29, 0.717) is 6.54 Å². The first-order valence-corrected chi connectivity index (χ1v) is 8.27. The van der Waals surface area contributed by atoms with E-state index >= 15 is 0 Å². The Bertz CT molecular complexity index is 539. The van der Waals surface area contributed by atoms with Crippen molar-refractivity contribution in [2.45, 2.75) is 58.5 Å². The van der Waals surface area contributed by atoms with Gasteiger partial charge >= 0.3 is 0 Å². The molecule has 0 saturated carbocycles. The molecule has 0 spiro atoms. The van der Waals surface area contributed by atoms with E-state index in [2.05, 4.69) is 36.2 Å². The second kappa shape index (κ2) is 10.3. The van der Waals surface area contributed by atoms with Gasteiger partial charge in [-0.3, -0.25) is 9.69 Å². The summed E-state index contributed by atoms with van der Waals surface area (Å²) >= 11 is 0. The van der Waals surface area contributed by atoms with Crippen molar-refractivity contribution >= 4 is 30.7 Å². The molecule has 0 aromatic heterocycles. The van der Waals surface area contributed by atoms with Crippen molar-refractivity contribution in [3.8, 4) is 0 Å². The highest BCUT2D eigenvalue weighted by Gasteiger charge is 2.24. The molecular weight excluding hydrogens is 361 g/mol. The molecule has 2 unspecified atom stereocenters. The Balaban J connectivity index is 0.00000288. The molecule has 2 atom stereocenters. The van der Waals surface area contributed by atoms with Gasteiger partial charge in [0.05, 0.1) is 17.7 Å². The Labute approximate surface area is 163 Å². The molecule has 2 rings (SSSR count). The Morgan fingerprint density at radius 1 is 1.20 bits per heavy atom. The average Bonchev–Trinajstić information content (AvgIpc) is 2.44. The second-order valence-electron chi connectivity index (χ2n) is 7.12. The Morgan fingerprint density at radius 3 is 2.24 bits per heavy atom. The fourth-order valence-electron chi connectivity index (χ4n) is 2.94. The van der Waals surface area contributed by atoms with Gasteiger partial charge in [0.1, 0.15) is 0 Å². The molecule has 1 heterocycles. The number of hydrogen-bond acceptors (Lipinski definition) is 4. The number of ether oxygens (including phenoxy) is 1. The summed E-state index contributed by atoms with van der Waals surface area (Å²) in [5.74, 6) is -0.138. The highest BCUT2D eigenvalue weighted by molar-refractivity contribution is 5.86. The van der Waals surface area contributed by atoms with Gasteiger partial charge in [-0.25, -0.2) is 0 Å². The smallest absolute Gasteiger partial charge is 0.239 e. The molecule has 25 heavy (non-hydrogen) atoms. The molecule has 1 amide bonds. The van der Waals surface area contributed by atoms with Crippen molar-refractivity contribution in [2.75, 3.05) is 13.1 Å². The number of nitrogens with one attached hydrogen (secondary N) is 1. The summed E-state index contributed by atoms with van der Waals surface area (Å²) in [7, 11) is 0. The predicted molar refractivity (Wildman–Crippen MR) is 106 cm³/mol. The van der Waals surface area contributed by atoms with Crippen molar-refractivity contribution in [2.24, 2.45) is 5.73 Å². The van der Waals surface area contributed by atoms with Gasteiger partial charge in [-0.1, -0.05) is 24.3 Å². The molecule has 1 aromatic rings. The van der Waals surface area contributed by atoms with Crippen LogP contribution in [0.15, 0.2) is 24.3 Å². The molecule has 3 N–H and O–H groups in total. The zero-order valence-corrected chi connectivity index (χ0v) is 17.1. The topological polar surface area (TPSA) is 67.6 Å². The van der Waals surface area contributed by atoms with Crippen LogP contribution < -0.4 is 11.1 Å². The fraction of sp³-hybridized carbons (Fsp3) is 0.611. The standard InChI is InChI=1S/C18H29N3O2.2ClH/c1-13-10-21(11-14(2)23-13)12-16-8-6-5-7-15(16)9-20-17(22)18(3,4)19;;/h5-8,13-14H,9-12,19H2,1-4H3,(H,20,22);2*1H. The predicted octanol–water partition coefficient (Wildman–Crippen LogP) is 2.49. The zero-order chi connectivity index (χ0) is 17.0. The highest BCUT2D eigenvalue weighted by atomic mass is 35.5. The number of amides is 1. The molecular formula is C18H31Cl2N3O2. The Hall–Kier alpha value is -0.850. The van der Waals surface area contributed by atoms with Crippen LogP contribution in [0.25, 0.3) is 0 Å². The molecule has 0 radical (unpaired) electrons. The first-order valence-electron chi connectivity index (χ1n) is 8.27. The number of benzene rings is 1. The van der Waals surface area contributed by atoms with Gasteiger partial charge in [0.2, 0.25) is 5.91 Å². The molecule has 1 aromatic carbocycles. The van der Waals surface area contributed by atoms with Crippen LogP contribution in [0.1, 0.15) is 38.8 Å². The molecule has 144 valence electrons. The first kappa shape index (κ1) is 24.1. The van der Waals surface area contributed by atoms with Gasteiger partial charge in [-0.15, -0.1) is 24.8 Å². The van der Waals surface area contributed by atoms with Crippen LogP contribution in [-0.2, 0) is 22.6 Å². The molecule has 1 aliphatic heterocycles. The van der Waals surface area contributed by atoms with E-state index in [9.17, 15) is 4.79 Å². The maximum absolute atomic E-state index is 12.0. The minimum atomic E-state index is -0.857. The van der Waals surface area contributed by atoms with Gasteiger partial charge in [-0.2, -0.15) is 0 Å². The lowest BCUT2D eigenvalue weighted by Gasteiger charge is -2.35. The van der Waals surface area contributed by atoms with Crippen LogP contribution in [-0.4, -0.2) is 41.6 Å². The quantitative estimate of drug-likeness (QED) is 0.808. The van der Waals surface area contributed by atoms with Gasteiger partial charge in [0.15, 0.2) is 0 Å². The van der Waals surface area contributed by atoms with Crippen molar-refractivity contribution in [3.63, 3.8) is 0 Å². The third-order valence-corrected chi connectivity index (χ3v) is 4.03. The van der Waals surface area contributed by atoms with Gasteiger partial charge in [0, 0.05) is 26.2 Å². The van der Waals surface area contributed by atoms with E-state index in [-0.39, 0.29) is 42.9 Å².